The maximum absolute atomic E-state index is 13.2. The summed E-state index contributed by atoms with van der Waals surface area (Å²) in [6.07, 6.45) is 5.05. The molecule has 41 heavy (non-hydrogen) atoms. The van der Waals surface area contributed by atoms with E-state index in [2.05, 4.69) is 20.0 Å². The summed E-state index contributed by atoms with van der Waals surface area (Å²) in [7, 11) is 0. The standard InChI is InChI=1S/C28H29F2N7O4/c1-17-14-19(4-7-21(17)26(39)35-10-12-36(13-11-35)27(40)22(31)16-38)34-24-25-33-15-23(37(25)9-8-32-24)18-2-5-20(6-3-18)41-28(29)30/h2-9,14-15,22,28,38H,10-13,16,31H2,1H3,(H,32,34). The molecule has 2 amide bonds. The fourth-order valence-corrected chi connectivity index (χ4v) is 4.76. The monoisotopic (exact) mass is 565 g/mol. The lowest BCUT2D eigenvalue weighted by molar-refractivity contribution is -0.134. The van der Waals surface area contributed by atoms with Crippen LogP contribution in [-0.2, 0) is 4.79 Å². The number of benzene rings is 2. The number of carbonyl (C=O) groups is 2. The molecule has 214 valence electrons. The summed E-state index contributed by atoms with van der Waals surface area (Å²) >= 11 is 0. The SMILES string of the molecule is Cc1cc(Nc2nccn3c(-c4ccc(OC(F)F)cc4)cnc23)ccc1C(=O)N1CCN(C(=O)C(N)CO)CC1. The van der Waals surface area contributed by atoms with Crippen LogP contribution < -0.4 is 15.8 Å². The normalized spacial score (nSPS) is 14.4. The van der Waals surface area contributed by atoms with Gasteiger partial charge in [0.15, 0.2) is 11.5 Å². The van der Waals surface area contributed by atoms with Crippen molar-refractivity contribution in [3.63, 3.8) is 0 Å². The van der Waals surface area contributed by atoms with Crippen molar-refractivity contribution in [1.29, 1.82) is 0 Å². The Balaban J connectivity index is 1.28. The van der Waals surface area contributed by atoms with E-state index >= 15 is 0 Å². The van der Waals surface area contributed by atoms with E-state index in [1.54, 1.807) is 52.7 Å². The molecule has 1 aliphatic heterocycles. The molecule has 0 spiro atoms. The minimum absolute atomic E-state index is 0.0686. The van der Waals surface area contributed by atoms with Crippen LogP contribution in [0.4, 0.5) is 20.3 Å². The van der Waals surface area contributed by atoms with Crippen molar-refractivity contribution >= 4 is 29.0 Å². The number of ether oxygens (including phenoxy) is 1. The van der Waals surface area contributed by atoms with Crippen molar-refractivity contribution in [2.45, 2.75) is 19.6 Å². The van der Waals surface area contributed by atoms with Gasteiger partial charge in [-0.2, -0.15) is 8.78 Å². The second-order valence-corrected chi connectivity index (χ2v) is 9.58. The fraction of sp³-hybridized carbons (Fsp3) is 0.286. The molecule has 1 aliphatic rings. The molecule has 0 aliphatic carbocycles. The van der Waals surface area contributed by atoms with Gasteiger partial charge in [-0.05, 0) is 55.0 Å². The van der Waals surface area contributed by atoms with Gasteiger partial charge in [-0.15, -0.1) is 0 Å². The Bertz CT molecular complexity index is 1550. The van der Waals surface area contributed by atoms with Crippen molar-refractivity contribution in [1.82, 2.24) is 24.2 Å². The summed E-state index contributed by atoms with van der Waals surface area (Å²) in [4.78, 5) is 37.6. The quantitative estimate of drug-likeness (QED) is 0.297. The highest BCUT2D eigenvalue weighted by Crippen LogP contribution is 2.28. The van der Waals surface area contributed by atoms with Crippen LogP contribution >= 0.6 is 0 Å². The fourth-order valence-electron chi connectivity index (χ4n) is 4.76. The van der Waals surface area contributed by atoms with Crippen molar-refractivity contribution in [3.8, 4) is 17.0 Å². The first-order valence-corrected chi connectivity index (χ1v) is 12.9. The molecule has 11 nitrogen and oxygen atoms in total. The molecule has 1 saturated heterocycles. The van der Waals surface area contributed by atoms with Gasteiger partial charge < -0.3 is 30.7 Å². The number of rotatable bonds is 8. The van der Waals surface area contributed by atoms with E-state index in [0.717, 1.165) is 16.8 Å². The zero-order valence-electron chi connectivity index (χ0n) is 22.2. The summed E-state index contributed by atoms with van der Waals surface area (Å²) in [5.74, 6) is 0.114. The van der Waals surface area contributed by atoms with Gasteiger partial charge in [-0.3, -0.25) is 14.0 Å². The van der Waals surface area contributed by atoms with Crippen LogP contribution in [0, 0.1) is 6.92 Å². The molecular formula is C28H29F2N7O4. The van der Waals surface area contributed by atoms with Gasteiger partial charge in [0.2, 0.25) is 5.91 Å². The number of imidazole rings is 1. The third-order valence-electron chi connectivity index (χ3n) is 6.92. The molecule has 1 unspecified atom stereocenters. The van der Waals surface area contributed by atoms with E-state index in [-0.39, 0.29) is 17.6 Å². The molecular weight excluding hydrogens is 536 g/mol. The highest BCUT2D eigenvalue weighted by Gasteiger charge is 2.28. The van der Waals surface area contributed by atoms with E-state index in [9.17, 15) is 18.4 Å². The van der Waals surface area contributed by atoms with Gasteiger partial charge in [-0.1, -0.05) is 0 Å². The minimum atomic E-state index is -2.89. The summed E-state index contributed by atoms with van der Waals surface area (Å²) in [5, 5.41) is 12.4. The number of aryl methyl sites for hydroxylation is 1. The maximum Gasteiger partial charge on any atom is 0.387 e. The first kappa shape index (κ1) is 27.9. The van der Waals surface area contributed by atoms with Gasteiger partial charge in [0.05, 0.1) is 18.5 Å². The highest BCUT2D eigenvalue weighted by atomic mass is 19.3. The zero-order chi connectivity index (χ0) is 29.1. The molecule has 0 bridgehead atoms. The maximum atomic E-state index is 13.2. The van der Waals surface area contributed by atoms with Crippen molar-refractivity contribution in [3.05, 3.63) is 72.2 Å². The van der Waals surface area contributed by atoms with Gasteiger partial charge in [0.1, 0.15) is 11.8 Å². The molecule has 1 fully saturated rings. The summed E-state index contributed by atoms with van der Waals surface area (Å²) in [5.41, 5.74) is 9.73. The third-order valence-corrected chi connectivity index (χ3v) is 6.92. The lowest BCUT2D eigenvalue weighted by Crippen LogP contribution is -2.55. The number of nitrogens with one attached hydrogen (secondary N) is 1. The number of piperazine rings is 1. The second-order valence-electron chi connectivity index (χ2n) is 9.58. The van der Waals surface area contributed by atoms with Crippen LogP contribution in [0.2, 0.25) is 0 Å². The predicted molar refractivity (Wildman–Crippen MR) is 147 cm³/mol. The number of amides is 2. The molecule has 3 heterocycles. The number of nitrogens with zero attached hydrogens (tertiary/aromatic N) is 5. The molecule has 2 aromatic heterocycles. The number of nitrogens with two attached hydrogens (primary N) is 1. The number of aliphatic hydroxyl groups is 1. The predicted octanol–water partition coefficient (Wildman–Crippen LogP) is 2.65. The van der Waals surface area contributed by atoms with Crippen LogP contribution in [0.15, 0.2) is 61.1 Å². The van der Waals surface area contributed by atoms with Gasteiger partial charge in [-0.25, -0.2) is 9.97 Å². The smallest absolute Gasteiger partial charge is 0.387 e. The van der Waals surface area contributed by atoms with Crippen molar-refractivity contribution in [2.24, 2.45) is 5.73 Å². The summed E-state index contributed by atoms with van der Waals surface area (Å²) < 4.78 is 31.2. The van der Waals surface area contributed by atoms with E-state index in [4.69, 9.17) is 10.8 Å². The van der Waals surface area contributed by atoms with Crippen LogP contribution in [-0.4, -0.2) is 86.5 Å². The number of carbonyl (C=O) groups excluding carboxylic acids is 2. The van der Waals surface area contributed by atoms with Crippen molar-refractivity contribution < 1.29 is 28.2 Å². The number of hydrogen-bond acceptors (Lipinski definition) is 8. The molecule has 1 atom stereocenters. The van der Waals surface area contributed by atoms with Gasteiger partial charge in [0.25, 0.3) is 5.91 Å². The number of alkyl halides is 2. The highest BCUT2D eigenvalue weighted by molar-refractivity contribution is 5.96. The van der Waals surface area contributed by atoms with Gasteiger partial charge in [0, 0.05) is 55.4 Å². The number of hydrogen-bond donors (Lipinski definition) is 3. The van der Waals surface area contributed by atoms with Crippen LogP contribution in [0.3, 0.4) is 0 Å². The number of aromatic nitrogens is 3. The molecule has 0 radical (unpaired) electrons. The molecule has 2 aromatic carbocycles. The van der Waals surface area contributed by atoms with E-state index in [1.165, 1.54) is 12.1 Å². The van der Waals surface area contributed by atoms with E-state index in [1.807, 2.05) is 17.4 Å². The Morgan fingerprint density at radius 1 is 1.07 bits per heavy atom. The first-order valence-electron chi connectivity index (χ1n) is 12.9. The van der Waals surface area contributed by atoms with Crippen LogP contribution in [0.25, 0.3) is 16.9 Å². The third kappa shape index (κ3) is 5.95. The topological polar surface area (TPSA) is 138 Å². The average Bonchev–Trinajstić information content (AvgIpc) is 3.41. The Labute approximate surface area is 234 Å². The van der Waals surface area contributed by atoms with E-state index < -0.39 is 19.3 Å². The number of fused-ring (bicyclic) bond motifs is 1. The average molecular weight is 566 g/mol. The van der Waals surface area contributed by atoms with E-state index in [0.29, 0.717) is 48.9 Å². The van der Waals surface area contributed by atoms with Gasteiger partial charge >= 0.3 is 6.61 Å². The van der Waals surface area contributed by atoms with Crippen LogP contribution in [0.1, 0.15) is 15.9 Å². The molecule has 0 saturated carbocycles. The summed E-state index contributed by atoms with van der Waals surface area (Å²) in [6, 6.07) is 10.7. The molecule has 4 aromatic rings. The molecule has 4 N–H and O–H groups in total. The largest absolute Gasteiger partial charge is 0.435 e. The Hall–Kier alpha value is -4.62. The molecule has 13 heteroatoms. The number of aliphatic hydroxyl groups excluding tert-OH is 1. The Morgan fingerprint density at radius 3 is 2.44 bits per heavy atom. The lowest BCUT2D eigenvalue weighted by atomic mass is 10.1. The lowest BCUT2D eigenvalue weighted by Gasteiger charge is -2.36. The number of halogens is 2. The minimum Gasteiger partial charge on any atom is -0.435 e. The second kappa shape index (κ2) is 11.9. The van der Waals surface area contributed by atoms with Crippen LogP contribution in [0.5, 0.6) is 5.75 Å². The Kier molecular flexibility index (Phi) is 8.08. The Morgan fingerprint density at radius 2 is 1.78 bits per heavy atom. The number of anilines is 2. The van der Waals surface area contributed by atoms with Crippen molar-refractivity contribution in [2.75, 3.05) is 38.1 Å². The zero-order valence-corrected chi connectivity index (χ0v) is 22.2. The molecule has 5 rings (SSSR count). The summed E-state index contributed by atoms with van der Waals surface area (Å²) in [6.45, 7) is -0.00651. The first-order chi connectivity index (χ1) is 19.7.